The van der Waals surface area contributed by atoms with Crippen molar-refractivity contribution in [3.63, 3.8) is 0 Å². The van der Waals surface area contributed by atoms with Crippen LogP contribution in [0.4, 0.5) is 0 Å². The van der Waals surface area contributed by atoms with E-state index in [-0.39, 0.29) is 17.2 Å². The summed E-state index contributed by atoms with van der Waals surface area (Å²) in [6.45, 7) is -0.0225. The topological polar surface area (TPSA) is 116 Å². The smallest absolute Gasteiger partial charge is 0.241 e. The third-order valence-electron chi connectivity index (χ3n) is 2.07. The lowest BCUT2D eigenvalue weighted by molar-refractivity contribution is 0.402. The van der Waals surface area contributed by atoms with Crippen LogP contribution in [0.25, 0.3) is 0 Å². The van der Waals surface area contributed by atoms with E-state index in [1.165, 1.54) is 19.2 Å². The minimum absolute atomic E-state index is 0.0225. The van der Waals surface area contributed by atoms with Gasteiger partial charge in [0.1, 0.15) is 10.6 Å². The molecule has 0 aliphatic heterocycles. The van der Waals surface area contributed by atoms with E-state index in [4.69, 9.17) is 9.88 Å². The molecule has 102 valence electrons. The van der Waals surface area contributed by atoms with Gasteiger partial charge in [-0.3, -0.25) is 0 Å². The summed E-state index contributed by atoms with van der Waals surface area (Å²) in [6.07, 6.45) is 1.01. The Balaban J connectivity index is 3.12. The first-order valence-electron chi connectivity index (χ1n) is 4.78. The van der Waals surface area contributed by atoms with Crippen LogP contribution in [0.1, 0.15) is 5.56 Å². The minimum Gasteiger partial charge on any atom is -0.495 e. The molecule has 0 atom stereocenters. The average molecular weight is 294 g/mol. The summed E-state index contributed by atoms with van der Waals surface area (Å²) in [4.78, 5) is -0.183. The van der Waals surface area contributed by atoms with Crippen LogP contribution >= 0.6 is 0 Å². The van der Waals surface area contributed by atoms with Gasteiger partial charge in [0, 0.05) is 6.54 Å². The summed E-state index contributed by atoms with van der Waals surface area (Å²) in [5.41, 5.74) is 0.463. The van der Waals surface area contributed by atoms with Crippen LogP contribution in [-0.2, 0) is 26.6 Å². The normalized spacial score (nSPS) is 12.4. The zero-order chi connectivity index (χ0) is 14.0. The van der Waals surface area contributed by atoms with E-state index >= 15 is 0 Å². The SMILES string of the molecule is COc1ccc(CNS(C)(=O)=O)cc1S(N)(=O)=O. The van der Waals surface area contributed by atoms with Gasteiger partial charge < -0.3 is 4.74 Å². The molecule has 0 spiro atoms. The summed E-state index contributed by atoms with van der Waals surface area (Å²) < 4.78 is 51.6. The second kappa shape index (κ2) is 5.22. The Labute approximate surface area is 106 Å². The van der Waals surface area contributed by atoms with Gasteiger partial charge in [0.05, 0.1) is 13.4 Å². The monoisotopic (exact) mass is 294 g/mol. The highest BCUT2D eigenvalue weighted by molar-refractivity contribution is 7.89. The van der Waals surface area contributed by atoms with E-state index in [1.54, 1.807) is 6.07 Å². The summed E-state index contributed by atoms with van der Waals surface area (Å²) in [6, 6.07) is 4.23. The lowest BCUT2D eigenvalue weighted by Gasteiger charge is -2.09. The number of nitrogens with one attached hydrogen (secondary N) is 1. The van der Waals surface area contributed by atoms with Crippen LogP contribution in [0.5, 0.6) is 5.75 Å². The Bertz CT molecular complexity index is 637. The molecule has 1 rings (SSSR count). The molecule has 0 fully saturated rings. The van der Waals surface area contributed by atoms with Gasteiger partial charge in [-0.05, 0) is 17.7 Å². The Morgan fingerprint density at radius 1 is 1.28 bits per heavy atom. The van der Waals surface area contributed by atoms with Crippen LogP contribution < -0.4 is 14.6 Å². The van der Waals surface area contributed by atoms with E-state index in [9.17, 15) is 16.8 Å². The number of hydrogen-bond donors (Lipinski definition) is 2. The van der Waals surface area contributed by atoms with Gasteiger partial charge in [0.25, 0.3) is 0 Å². The van der Waals surface area contributed by atoms with Crippen molar-refractivity contribution in [2.75, 3.05) is 13.4 Å². The summed E-state index contributed by atoms with van der Waals surface area (Å²) in [5.74, 6) is 0.112. The second-order valence-electron chi connectivity index (χ2n) is 3.62. The Kier molecular flexibility index (Phi) is 4.32. The molecule has 1 aromatic carbocycles. The van der Waals surface area contributed by atoms with Gasteiger partial charge in [-0.15, -0.1) is 0 Å². The lowest BCUT2D eigenvalue weighted by Crippen LogP contribution is -2.21. The van der Waals surface area contributed by atoms with Crippen LogP contribution in [0.3, 0.4) is 0 Å². The molecule has 0 bridgehead atoms. The van der Waals surface area contributed by atoms with Crippen molar-refractivity contribution in [2.45, 2.75) is 11.4 Å². The molecule has 0 aliphatic carbocycles. The number of hydrogen-bond acceptors (Lipinski definition) is 5. The van der Waals surface area contributed by atoms with E-state index < -0.39 is 20.0 Å². The first-order valence-corrected chi connectivity index (χ1v) is 8.21. The number of sulfonamides is 2. The zero-order valence-corrected chi connectivity index (χ0v) is 11.5. The highest BCUT2D eigenvalue weighted by Crippen LogP contribution is 2.23. The summed E-state index contributed by atoms with van der Waals surface area (Å²) >= 11 is 0. The first-order chi connectivity index (χ1) is 8.13. The molecule has 0 heterocycles. The van der Waals surface area contributed by atoms with Crippen LogP contribution in [-0.4, -0.2) is 30.2 Å². The van der Waals surface area contributed by atoms with E-state index in [0.29, 0.717) is 5.56 Å². The van der Waals surface area contributed by atoms with Crippen LogP contribution in [0, 0.1) is 0 Å². The molecule has 0 unspecified atom stereocenters. The summed E-state index contributed by atoms with van der Waals surface area (Å²) in [5, 5.41) is 5.04. The number of primary sulfonamides is 1. The van der Waals surface area contributed by atoms with Crippen molar-refractivity contribution < 1.29 is 21.6 Å². The largest absolute Gasteiger partial charge is 0.495 e. The van der Waals surface area contributed by atoms with Crippen LogP contribution in [0.2, 0.25) is 0 Å². The maximum Gasteiger partial charge on any atom is 0.241 e. The second-order valence-corrected chi connectivity index (χ2v) is 6.99. The van der Waals surface area contributed by atoms with Crippen molar-refractivity contribution >= 4 is 20.0 Å². The highest BCUT2D eigenvalue weighted by Gasteiger charge is 2.15. The van der Waals surface area contributed by atoms with E-state index in [2.05, 4.69) is 4.72 Å². The van der Waals surface area contributed by atoms with E-state index in [0.717, 1.165) is 6.26 Å². The third kappa shape index (κ3) is 4.26. The maximum absolute atomic E-state index is 11.3. The maximum atomic E-state index is 11.3. The van der Waals surface area contributed by atoms with Crippen molar-refractivity contribution in [3.8, 4) is 5.75 Å². The van der Waals surface area contributed by atoms with Crippen molar-refractivity contribution in [1.29, 1.82) is 0 Å². The van der Waals surface area contributed by atoms with Gasteiger partial charge in [-0.25, -0.2) is 26.7 Å². The molecular weight excluding hydrogens is 280 g/mol. The Morgan fingerprint density at radius 2 is 1.89 bits per heavy atom. The lowest BCUT2D eigenvalue weighted by atomic mass is 10.2. The molecule has 9 heteroatoms. The predicted molar refractivity (Wildman–Crippen MR) is 66.1 cm³/mol. The molecule has 1 aromatic rings. The average Bonchev–Trinajstić information content (AvgIpc) is 2.24. The quantitative estimate of drug-likeness (QED) is 0.751. The minimum atomic E-state index is -3.92. The first kappa shape index (κ1) is 14.9. The van der Waals surface area contributed by atoms with Gasteiger partial charge in [0.15, 0.2) is 0 Å². The fourth-order valence-corrected chi connectivity index (χ4v) is 2.44. The molecule has 0 radical (unpaired) electrons. The fourth-order valence-electron chi connectivity index (χ4n) is 1.27. The number of nitrogens with two attached hydrogens (primary N) is 1. The van der Waals surface area contributed by atoms with E-state index in [1.807, 2.05) is 0 Å². The van der Waals surface area contributed by atoms with Crippen molar-refractivity contribution in [1.82, 2.24) is 4.72 Å². The van der Waals surface area contributed by atoms with Crippen LogP contribution in [0.15, 0.2) is 23.1 Å². The highest BCUT2D eigenvalue weighted by atomic mass is 32.2. The summed E-state index contributed by atoms with van der Waals surface area (Å²) in [7, 11) is -5.95. The molecule has 0 aliphatic rings. The van der Waals surface area contributed by atoms with Gasteiger partial charge in [-0.2, -0.15) is 0 Å². The Morgan fingerprint density at radius 3 is 2.33 bits per heavy atom. The number of ether oxygens (including phenoxy) is 1. The molecule has 0 aromatic heterocycles. The Hall–Kier alpha value is -1.16. The number of rotatable bonds is 5. The standard InChI is InChI=1S/C9H14N2O5S2/c1-16-8-4-3-7(6-11-17(2,12)13)5-9(8)18(10,14)15/h3-5,11H,6H2,1-2H3,(H2,10,14,15). The van der Waals surface area contributed by atoms with Crippen molar-refractivity contribution in [3.05, 3.63) is 23.8 Å². The van der Waals surface area contributed by atoms with Gasteiger partial charge >= 0.3 is 0 Å². The molecular formula is C9H14N2O5S2. The third-order valence-corrected chi connectivity index (χ3v) is 3.67. The fraction of sp³-hybridized carbons (Fsp3) is 0.333. The molecule has 18 heavy (non-hydrogen) atoms. The molecule has 0 amide bonds. The van der Waals surface area contributed by atoms with Gasteiger partial charge in [-0.1, -0.05) is 6.07 Å². The molecule has 3 N–H and O–H groups in total. The molecule has 0 saturated heterocycles. The predicted octanol–water partition coefficient (Wildman–Crippen LogP) is -0.608. The zero-order valence-electron chi connectivity index (χ0n) is 9.87. The molecule has 0 saturated carbocycles. The number of methoxy groups -OCH3 is 1. The molecule has 7 nitrogen and oxygen atoms in total. The van der Waals surface area contributed by atoms with Gasteiger partial charge in [0.2, 0.25) is 20.0 Å². The van der Waals surface area contributed by atoms with Crippen molar-refractivity contribution in [2.24, 2.45) is 5.14 Å². The number of benzene rings is 1.